The summed E-state index contributed by atoms with van der Waals surface area (Å²) in [6, 6.07) is 11.6. The van der Waals surface area contributed by atoms with E-state index >= 15 is 0 Å². The first-order valence-corrected chi connectivity index (χ1v) is 6.95. The molecule has 0 saturated heterocycles. The third kappa shape index (κ3) is 1.41. The molecular formula is C13H9NO3S. The van der Waals surface area contributed by atoms with Crippen molar-refractivity contribution >= 4 is 15.6 Å². The van der Waals surface area contributed by atoms with E-state index in [1.54, 1.807) is 36.4 Å². The van der Waals surface area contributed by atoms with E-state index in [2.05, 4.69) is 4.98 Å². The van der Waals surface area contributed by atoms with Crippen LogP contribution in [0.3, 0.4) is 0 Å². The number of pyridine rings is 1. The third-order valence-corrected chi connectivity index (χ3v) is 4.93. The van der Waals surface area contributed by atoms with Crippen LogP contribution in [-0.4, -0.2) is 19.2 Å². The molecule has 1 aliphatic rings. The lowest BCUT2D eigenvalue weighted by Crippen LogP contribution is -2.13. The molecule has 5 heteroatoms. The van der Waals surface area contributed by atoms with Gasteiger partial charge in [0, 0.05) is 6.20 Å². The monoisotopic (exact) mass is 259 g/mol. The fourth-order valence-electron chi connectivity index (χ4n) is 2.16. The van der Waals surface area contributed by atoms with Crippen LogP contribution in [0.25, 0.3) is 0 Å². The molecule has 1 atom stereocenters. The van der Waals surface area contributed by atoms with Crippen LogP contribution in [-0.2, 0) is 9.84 Å². The molecule has 18 heavy (non-hydrogen) atoms. The average molecular weight is 259 g/mol. The van der Waals surface area contributed by atoms with Gasteiger partial charge in [0.1, 0.15) is 0 Å². The van der Waals surface area contributed by atoms with Gasteiger partial charge in [-0.1, -0.05) is 30.3 Å². The van der Waals surface area contributed by atoms with Crippen molar-refractivity contribution < 1.29 is 13.2 Å². The lowest BCUT2D eigenvalue weighted by atomic mass is 10.0. The Hall–Kier alpha value is -2.01. The second kappa shape index (κ2) is 3.74. The van der Waals surface area contributed by atoms with Crippen LogP contribution in [0.1, 0.15) is 21.2 Å². The molecule has 0 bridgehead atoms. The first-order valence-electron chi connectivity index (χ1n) is 5.40. The van der Waals surface area contributed by atoms with Gasteiger partial charge in [-0.3, -0.25) is 4.79 Å². The van der Waals surface area contributed by atoms with Crippen LogP contribution in [0.2, 0.25) is 0 Å². The average Bonchev–Trinajstić information content (AvgIpc) is 2.59. The zero-order valence-electron chi connectivity index (χ0n) is 9.28. The molecule has 1 aliphatic heterocycles. The van der Waals surface area contributed by atoms with E-state index in [1.165, 1.54) is 12.3 Å². The fraction of sp³-hybridized carbons (Fsp3) is 0.0769. The number of Topliss-reactive ketones (excluding diaryl/α,β-unsaturated/α-hetero) is 1. The lowest BCUT2D eigenvalue weighted by Gasteiger charge is -2.07. The minimum atomic E-state index is -3.71. The molecule has 1 aromatic carbocycles. The molecule has 0 saturated carbocycles. The molecule has 0 spiro atoms. The van der Waals surface area contributed by atoms with Crippen LogP contribution in [0, 0.1) is 0 Å². The van der Waals surface area contributed by atoms with Crippen molar-refractivity contribution in [2.24, 2.45) is 0 Å². The van der Waals surface area contributed by atoms with Crippen molar-refractivity contribution in [1.29, 1.82) is 0 Å². The number of hydrogen-bond donors (Lipinski definition) is 0. The largest absolute Gasteiger partial charge is 0.292 e. The van der Waals surface area contributed by atoms with Crippen molar-refractivity contribution in [2.75, 3.05) is 0 Å². The highest BCUT2D eigenvalue weighted by atomic mass is 32.2. The molecule has 90 valence electrons. The summed E-state index contributed by atoms with van der Waals surface area (Å²) in [6.45, 7) is 0. The summed E-state index contributed by atoms with van der Waals surface area (Å²) in [5.74, 6) is -0.399. The minimum absolute atomic E-state index is 0.108. The molecule has 1 aromatic heterocycles. The highest BCUT2D eigenvalue weighted by molar-refractivity contribution is 7.93. The lowest BCUT2D eigenvalue weighted by molar-refractivity contribution is 0.0990. The van der Waals surface area contributed by atoms with E-state index < -0.39 is 20.9 Å². The van der Waals surface area contributed by atoms with Gasteiger partial charge in [-0.25, -0.2) is 13.4 Å². The highest BCUT2D eigenvalue weighted by Crippen LogP contribution is 2.39. The summed E-state index contributed by atoms with van der Waals surface area (Å²) in [5.41, 5.74) is 0.673. The van der Waals surface area contributed by atoms with E-state index in [4.69, 9.17) is 0 Å². The predicted octanol–water partition coefficient (Wildman–Crippen LogP) is 1.79. The van der Waals surface area contributed by atoms with Gasteiger partial charge in [-0.15, -0.1) is 0 Å². The maximum atomic E-state index is 12.3. The molecular weight excluding hydrogens is 250 g/mol. The number of rotatable bonds is 1. The number of fused-ring (bicyclic) bond motifs is 1. The Labute approximate surface area is 104 Å². The molecule has 0 aliphatic carbocycles. The third-order valence-electron chi connectivity index (χ3n) is 2.96. The van der Waals surface area contributed by atoms with E-state index in [0.717, 1.165) is 0 Å². The number of hydrogen-bond acceptors (Lipinski definition) is 4. The summed E-state index contributed by atoms with van der Waals surface area (Å²) in [4.78, 5) is 16.0. The molecule has 2 aromatic rings. The normalized spacial score (nSPS) is 20.7. The van der Waals surface area contributed by atoms with Crippen LogP contribution in [0.4, 0.5) is 0 Å². The van der Waals surface area contributed by atoms with Gasteiger partial charge in [-0.05, 0) is 17.7 Å². The Morgan fingerprint density at radius 1 is 1.00 bits per heavy atom. The second-order valence-corrected chi connectivity index (χ2v) is 6.00. The molecule has 0 amide bonds. The zero-order chi connectivity index (χ0) is 12.8. The van der Waals surface area contributed by atoms with Gasteiger partial charge in [0.15, 0.2) is 16.1 Å². The molecule has 4 nitrogen and oxygen atoms in total. The van der Waals surface area contributed by atoms with E-state index in [1.807, 2.05) is 0 Å². The summed E-state index contributed by atoms with van der Waals surface area (Å²) in [6.07, 6.45) is 1.39. The molecule has 1 unspecified atom stereocenters. The van der Waals surface area contributed by atoms with E-state index in [9.17, 15) is 13.2 Å². The molecule has 0 radical (unpaired) electrons. The van der Waals surface area contributed by atoms with Gasteiger partial charge < -0.3 is 0 Å². The van der Waals surface area contributed by atoms with Crippen molar-refractivity contribution in [3.05, 3.63) is 59.8 Å². The molecule has 3 rings (SSSR count). The zero-order valence-corrected chi connectivity index (χ0v) is 10.1. The number of carbonyl (C=O) groups is 1. The van der Waals surface area contributed by atoms with Crippen molar-refractivity contribution in [3.8, 4) is 0 Å². The van der Waals surface area contributed by atoms with Gasteiger partial charge in [-0.2, -0.15) is 0 Å². The predicted molar refractivity (Wildman–Crippen MR) is 64.9 cm³/mol. The van der Waals surface area contributed by atoms with Crippen LogP contribution >= 0.6 is 0 Å². The smallest absolute Gasteiger partial charge is 0.210 e. The standard InChI is InChI=1S/C13H9NO3S/c15-11-10-7-4-8-14-13(10)18(16,17)12(11)9-5-2-1-3-6-9/h1-8,12H. The van der Waals surface area contributed by atoms with Crippen LogP contribution in [0.15, 0.2) is 53.7 Å². The molecule has 0 fully saturated rings. The maximum Gasteiger partial charge on any atom is 0.210 e. The van der Waals surface area contributed by atoms with Crippen LogP contribution < -0.4 is 0 Å². The SMILES string of the molecule is O=C1c2cccnc2S(=O)(=O)C1c1ccccc1. The summed E-state index contributed by atoms with van der Waals surface area (Å²) in [7, 11) is -3.71. The second-order valence-electron chi connectivity index (χ2n) is 4.06. The minimum Gasteiger partial charge on any atom is -0.292 e. The van der Waals surface area contributed by atoms with Crippen molar-refractivity contribution in [3.63, 3.8) is 0 Å². The summed E-state index contributed by atoms with van der Waals surface area (Å²) in [5, 5.41) is -1.26. The van der Waals surface area contributed by atoms with E-state index in [0.29, 0.717) is 5.56 Å². The molecule has 2 heterocycles. The first kappa shape index (κ1) is 11.1. The number of benzene rings is 1. The summed E-state index contributed by atoms with van der Waals surface area (Å²) < 4.78 is 24.6. The fourth-order valence-corrected chi connectivity index (χ4v) is 3.99. The van der Waals surface area contributed by atoms with E-state index in [-0.39, 0.29) is 10.6 Å². The van der Waals surface area contributed by atoms with Gasteiger partial charge >= 0.3 is 0 Å². The Morgan fingerprint density at radius 3 is 2.39 bits per heavy atom. The Morgan fingerprint density at radius 2 is 1.72 bits per heavy atom. The number of nitrogens with zero attached hydrogens (tertiary/aromatic N) is 1. The Balaban J connectivity index is 2.25. The molecule has 0 N–H and O–H groups in total. The van der Waals surface area contributed by atoms with Crippen molar-refractivity contribution in [2.45, 2.75) is 10.3 Å². The topological polar surface area (TPSA) is 64.1 Å². The number of aromatic nitrogens is 1. The Kier molecular flexibility index (Phi) is 2.31. The number of ketones is 1. The van der Waals surface area contributed by atoms with Gasteiger partial charge in [0.05, 0.1) is 5.56 Å². The van der Waals surface area contributed by atoms with Gasteiger partial charge in [0.25, 0.3) is 0 Å². The number of carbonyl (C=O) groups excluding carboxylic acids is 1. The van der Waals surface area contributed by atoms with Crippen LogP contribution in [0.5, 0.6) is 0 Å². The highest BCUT2D eigenvalue weighted by Gasteiger charge is 2.46. The first-order chi connectivity index (χ1) is 8.62. The maximum absolute atomic E-state index is 12.3. The number of sulfone groups is 1. The van der Waals surface area contributed by atoms with Gasteiger partial charge in [0.2, 0.25) is 9.84 Å². The van der Waals surface area contributed by atoms with Crippen molar-refractivity contribution in [1.82, 2.24) is 4.98 Å². The summed E-state index contributed by atoms with van der Waals surface area (Å²) >= 11 is 0. The quantitative estimate of drug-likeness (QED) is 0.783. The Bertz CT molecular complexity index is 723.